The number of nitrogens with zero attached hydrogens (tertiary/aromatic N) is 5. The van der Waals surface area contributed by atoms with E-state index in [1.54, 1.807) is 50.4 Å². The number of anilines is 1. The summed E-state index contributed by atoms with van der Waals surface area (Å²) in [5.41, 5.74) is 0.316. The Morgan fingerprint density at radius 3 is 2.50 bits per heavy atom. The Kier molecular flexibility index (Phi) is 5.94. The maximum Gasteiger partial charge on any atom is 0.235 e. The van der Waals surface area contributed by atoms with Crippen molar-refractivity contribution in [1.82, 2.24) is 24.7 Å². The number of nitrogens with one attached hydrogen (secondary N) is 1. The Morgan fingerprint density at radius 1 is 1.00 bits per heavy atom. The number of pyridine rings is 1. The molecule has 3 aromatic heterocycles. The van der Waals surface area contributed by atoms with Crippen LogP contribution in [0.2, 0.25) is 0 Å². The lowest BCUT2D eigenvalue weighted by Gasteiger charge is -2.18. The number of carbonyl (C=O) groups excluding carboxylic acids is 2. The summed E-state index contributed by atoms with van der Waals surface area (Å²) >= 11 is 0. The van der Waals surface area contributed by atoms with E-state index in [0.29, 0.717) is 16.6 Å². The van der Waals surface area contributed by atoms with Crippen LogP contribution in [0.3, 0.4) is 0 Å². The number of ketones is 1. The highest BCUT2D eigenvalue weighted by Crippen LogP contribution is 2.40. The van der Waals surface area contributed by atoms with Crippen LogP contribution in [0.25, 0.3) is 22.6 Å². The van der Waals surface area contributed by atoms with Gasteiger partial charge in [-0.2, -0.15) is 5.10 Å². The maximum absolute atomic E-state index is 14.4. The van der Waals surface area contributed by atoms with Crippen LogP contribution in [0.5, 0.6) is 0 Å². The highest BCUT2D eigenvalue weighted by Gasteiger charge is 2.44. The zero-order valence-electron chi connectivity index (χ0n) is 21.4. The zero-order chi connectivity index (χ0) is 28.2. The molecule has 1 aliphatic rings. The third-order valence-corrected chi connectivity index (χ3v) is 6.88. The van der Waals surface area contributed by atoms with Crippen LogP contribution < -0.4 is 5.32 Å². The summed E-state index contributed by atoms with van der Waals surface area (Å²) in [6.45, 7) is 3.35. The lowest BCUT2D eigenvalue weighted by molar-refractivity contribution is -0.119. The highest BCUT2D eigenvalue weighted by atomic mass is 19.1. The standard InChI is InChI=1S/C29H21F3N6O2/c1-29(2)22-24(21(39)12-15-10-17(30)13-18(31)11-15)34-26(35-25(22)36-28(29)40)23-19-7-5-9-33-27(19)38(37-23)14-16-6-3-4-8-20(16)32/h3-11,13H,12,14H2,1-2H3,(H,34,35,36,40). The van der Waals surface area contributed by atoms with Crippen molar-refractivity contribution in [2.24, 2.45) is 0 Å². The number of benzene rings is 2. The normalized spacial score (nSPS) is 13.9. The van der Waals surface area contributed by atoms with E-state index in [9.17, 15) is 22.8 Å². The fourth-order valence-electron chi connectivity index (χ4n) is 4.88. The van der Waals surface area contributed by atoms with Crippen LogP contribution in [0.4, 0.5) is 19.0 Å². The number of aromatic nitrogens is 5. The van der Waals surface area contributed by atoms with Crippen molar-refractivity contribution in [3.05, 3.63) is 101 Å². The van der Waals surface area contributed by atoms with E-state index in [4.69, 9.17) is 0 Å². The number of Topliss-reactive ketones (excluding diaryl/α,β-unsaturated/α-hetero) is 1. The average molecular weight is 543 g/mol. The van der Waals surface area contributed by atoms with E-state index in [1.165, 1.54) is 10.7 Å². The molecule has 8 nitrogen and oxygen atoms in total. The highest BCUT2D eigenvalue weighted by molar-refractivity contribution is 6.10. The number of hydrogen-bond acceptors (Lipinski definition) is 6. The largest absolute Gasteiger partial charge is 0.310 e. The summed E-state index contributed by atoms with van der Waals surface area (Å²) in [4.78, 5) is 39.9. The molecule has 0 saturated heterocycles. The molecule has 4 heterocycles. The molecule has 0 saturated carbocycles. The molecular weight excluding hydrogens is 521 g/mol. The van der Waals surface area contributed by atoms with Gasteiger partial charge in [-0.25, -0.2) is 32.8 Å². The third-order valence-electron chi connectivity index (χ3n) is 6.88. The fraction of sp³-hybridized carbons (Fsp3) is 0.172. The minimum Gasteiger partial charge on any atom is -0.310 e. The van der Waals surface area contributed by atoms with Crippen LogP contribution in [0.1, 0.15) is 41.0 Å². The first-order valence-electron chi connectivity index (χ1n) is 12.4. The molecule has 40 heavy (non-hydrogen) atoms. The third kappa shape index (κ3) is 4.29. The molecule has 0 spiro atoms. The molecule has 0 radical (unpaired) electrons. The molecule has 5 aromatic rings. The average Bonchev–Trinajstić information content (AvgIpc) is 3.38. The predicted molar refractivity (Wildman–Crippen MR) is 140 cm³/mol. The Bertz CT molecular complexity index is 1830. The number of rotatable bonds is 6. The predicted octanol–water partition coefficient (Wildman–Crippen LogP) is 5.01. The summed E-state index contributed by atoms with van der Waals surface area (Å²) in [7, 11) is 0. The number of fused-ring (bicyclic) bond motifs is 2. The molecular formula is C29H21F3N6O2. The van der Waals surface area contributed by atoms with E-state index >= 15 is 0 Å². The number of halogens is 3. The van der Waals surface area contributed by atoms with E-state index < -0.39 is 28.6 Å². The summed E-state index contributed by atoms with van der Waals surface area (Å²) in [6.07, 6.45) is 1.22. The van der Waals surface area contributed by atoms with Crippen LogP contribution in [-0.4, -0.2) is 36.4 Å². The lowest BCUT2D eigenvalue weighted by atomic mass is 9.84. The second kappa shape index (κ2) is 9.37. The smallest absolute Gasteiger partial charge is 0.235 e. The summed E-state index contributed by atoms with van der Waals surface area (Å²) in [5.74, 6) is -2.77. The molecule has 0 unspecified atom stereocenters. The van der Waals surface area contributed by atoms with Crippen LogP contribution in [-0.2, 0) is 23.2 Å². The van der Waals surface area contributed by atoms with Gasteiger partial charge in [-0.3, -0.25) is 9.59 Å². The molecule has 1 N–H and O–H groups in total. The molecule has 0 aliphatic carbocycles. The van der Waals surface area contributed by atoms with E-state index in [0.717, 1.165) is 18.2 Å². The Hall–Kier alpha value is -4.93. The van der Waals surface area contributed by atoms with Gasteiger partial charge in [0.05, 0.1) is 17.3 Å². The Morgan fingerprint density at radius 2 is 1.75 bits per heavy atom. The van der Waals surface area contributed by atoms with Gasteiger partial charge in [0.2, 0.25) is 5.91 Å². The zero-order valence-corrected chi connectivity index (χ0v) is 21.4. The second-order valence-corrected chi connectivity index (χ2v) is 10.0. The van der Waals surface area contributed by atoms with Crippen molar-refractivity contribution in [3.63, 3.8) is 0 Å². The molecule has 0 atom stereocenters. The van der Waals surface area contributed by atoms with Crippen LogP contribution in [0.15, 0.2) is 60.8 Å². The summed E-state index contributed by atoms with van der Waals surface area (Å²) < 4.78 is 43.6. The van der Waals surface area contributed by atoms with E-state index in [2.05, 4.69) is 25.4 Å². The first kappa shape index (κ1) is 25.4. The van der Waals surface area contributed by atoms with E-state index in [1.807, 2.05) is 0 Å². The monoisotopic (exact) mass is 542 g/mol. The SMILES string of the molecule is CC1(C)C(=O)Nc2nc(-c3nn(Cc4ccccc4F)c4ncccc34)nc(C(=O)Cc3cc(F)cc(F)c3)c21. The molecule has 1 aliphatic heterocycles. The molecule has 200 valence electrons. The fourth-order valence-corrected chi connectivity index (χ4v) is 4.88. The van der Waals surface area contributed by atoms with Gasteiger partial charge in [0.25, 0.3) is 0 Å². The van der Waals surface area contributed by atoms with Crippen molar-refractivity contribution < 1.29 is 22.8 Å². The van der Waals surface area contributed by atoms with Gasteiger partial charge in [0.15, 0.2) is 17.3 Å². The number of amides is 1. The number of hydrogen-bond donors (Lipinski definition) is 1. The summed E-state index contributed by atoms with van der Waals surface area (Å²) in [6, 6.07) is 12.6. The lowest BCUT2D eigenvalue weighted by Crippen LogP contribution is -2.29. The van der Waals surface area contributed by atoms with Gasteiger partial charge in [0, 0.05) is 29.8 Å². The van der Waals surface area contributed by atoms with Gasteiger partial charge < -0.3 is 5.32 Å². The van der Waals surface area contributed by atoms with Gasteiger partial charge in [-0.05, 0) is 49.7 Å². The van der Waals surface area contributed by atoms with Crippen LogP contribution in [0, 0.1) is 17.5 Å². The molecule has 6 rings (SSSR count). The molecule has 0 fully saturated rings. The minimum absolute atomic E-state index is 0.0378. The maximum atomic E-state index is 14.4. The first-order chi connectivity index (χ1) is 19.1. The quantitative estimate of drug-likeness (QED) is 0.303. The van der Waals surface area contributed by atoms with Gasteiger partial charge >= 0.3 is 0 Å². The molecule has 11 heteroatoms. The molecule has 1 amide bonds. The first-order valence-corrected chi connectivity index (χ1v) is 12.4. The van der Waals surface area contributed by atoms with Crippen molar-refractivity contribution in [2.45, 2.75) is 32.2 Å². The Labute approximate surface area is 225 Å². The topological polar surface area (TPSA) is 103 Å². The van der Waals surface area contributed by atoms with Crippen LogP contribution >= 0.6 is 0 Å². The van der Waals surface area contributed by atoms with Crippen molar-refractivity contribution in [2.75, 3.05) is 5.32 Å². The van der Waals surface area contributed by atoms with Gasteiger partial charge in [-0.15, -0.1) is 0 Å². The molecule has 2 aromatic carbocycles. The second-order valence-electron chi connectivity index (χ2n) is 10.0. The number of carbonyl (C=O) groups is 2. The van der Waals surface area contributed by atoms with E-state index in [-0.39, 0.29) is 53.0 Å². The van der Waals surface area contributed by atoms with Crippen molar-refractivity contribution >= 4 is 28.5 Å². The minimum atomic E-state index is -1.14. The van der Waals surface area contributed by atoms with Crippen molar-refractivity contribution in [3.8, 4) is 11.5 Å². The van der Waals surface area contributed by atoms with Crippen molar-refractivity contribution in [1.29, 1.82) is 0 Å². The Balaban J connectivity index is 1.50. The molecule has 0 bridgehead atoms. The van der Waals surface area contributed by atoms with Gasteiger partial charge in [0.1, 0.15) is 34.7 Å². The summed E-state index contributed by atoms with van der Waals surface area (Å²) in [5, 5.41) is 7.89. The van der Waals surface area contributed by atoms with Gasteiger partial charge in [-0.1, -0.05) is 18.2 Å².